The maximum atomic E-state index is 6.03. The van der Waals surface area contributed by atoms with Crippen molar-refractivity contribution in [3.63, 3.8) is 0 Å². The number of para-hydroxylation sites is 1. The number of thioether (sulfide) groups is 1. The topological polar surface area (TPSA) is 17.8 Å². The Bertz CT molecular complexity index is 843. The van der Waals surface area contributed by atoms with Crippen molar-refractivity contribution in [3.05, 3.63) is 68.1 Å². The van der Waals surface area contributed by atoms with E-state index in [1.165, 1.54) is 11.3 Å². The van der Waals surface area contributed by atoms with Gasteiger partial charge in [-0.2, -0.15) is 0 Å². The molecule has 0 radical (unpaired) electrons. The lowest BCUT2D eigenvalue weighted by atomic mass is 10.2. The van der Waals surface area contributed by atoms with E-state index in [2.05, 4.69) is 5.10 Å². The first-order valence-corrected chi connectivity index (χ1v) is 9.32. The summed E-state index contributed by atoms with van der Waals surface area (Å²) in [5.74, 6) is 0.772. The van der Waals surface area contributed by atoms with E-state index in [1.807, 2.05) is 48.5 Å². The summed E-state index contributed by atoms with van der Waals surface area (Å²) in [6.07, 6.45) is 0. The zero-order valence-electron chi connectivity index (χ0n) is 11.2. The maximum absolute atomic E-state index is 6.03. The largest absolute Gasteiger partial charge is 0.211 e. The third-order valence-corrected chi connectivity index (χ3v) is 6.05. The summed E-state index contributed by atoms with van der Waals surface area (Å²) in [5.41, 5.74) is 2.08. The summed E-state index contributed by atoms with van der Waals surface area (Å²) in [6.45, 7) is 0. The molecule has 0 atom stereocenters. The van der Waals surface area contributed by atoms with Crippen LogP contribution < -0.4 is 0 Å². The van der Waals surface area contributed by atoms with Crippen molar-refractivity contribution in [3.8, 4) is 5.69 Å². The molecule has 1 aromatic heterocycles. The lowest BCUT2D eigenvalue weighted by Crippen LogP contribution is -1.95. The summed E-state index contributed by atoms with van der Waals surface area (Å²) >= 11 is 20.5. The molecule has 0 saturated carbocycles. The van der Waals surface area contributed by atoms with Gasteiger partial charge in [-0.3, -0.25) is 0 Å². The molecule has 3 aromatic rings. The number of benzene rings is 2. The van der Waals surface area contributed by atoms with Gasteiger partial charge in [-0.05, 0) is 42.0 Å². The average molecular weight is 385 g/mol. The van der Waals surface area contributed by atoms with Gasteiger partial charge in [0.05, 0.1) is 15.7 Å². The average Bonchev–Trinajstić information content (AvgIpc) is 2.90. The second kappa shape index (κ2) is 7.15. The van der Waals surface area contributed by atoms with Gasteiger partial charge in [0.15, 0.2) is 8.29 Å². The Labute approximate surface area is 151 Å². The Morgan fingerprint density at radius 3 is 2.59 bits per heavy atom. The number of hydrogen-bond acceptors (Lipinski definition) is 4. The summed E-state index contributed by atoms with van der Waals surface area (Å²) in [5, 5.41) is 5.71. The molecule has 0 saturated heterocycles. The number of nitrogens with zero attached hydrogens (tertiary/aromatic N) is 2. The van der Waals surface area contributed by atoms with Crippen molar-refractivity contribution in [2.24, 2.45) is 0 Å². The highest BCUT2D eigenvalue weighted by atomic mass is 35.5. The Morgan fingerprint density at radius 1 is 1.09 bits per heavy atom. The van der Waals surface area contributed by atoms with Crippen LogP contribution in [0.15, 0.2) is 52.9 Å². The number of rotatable bonds is 4. The van der Waals surface area contributed by atoms with Gasteiger partial charge in [-0.1, -0.05) is 70.6 Å². The van der Waals surface area contributed by atoms with Crippen molar-refractivity contribution < 1.29 is 0 Å². The van der Waals surface area contributed by atoms with Gasteiger partial charge >= 0.3 is 0 Å². The molecule has 0 N–H and O–H groups in total. The van der Waals surface area contributed by atoms with Gasteiger partial charge in [0.2, 0.25) is 0 Å². The van der Waals surface area contributed by atoms with Crippen LogP contribution in [-0.4, -0.2) is 9.78 Å². The lowest BCUT2D eigenvalue weighted by molar-refractivity contribution is 0.829. The normalized spacial score (nSPS) is 10.8. The van der Waals surface area contributed by atoms with Crippen LogP contribution >= 0.6 is 58.5 Å². The molecular formula is C15H10Cl2N2S3. The van der Waals surface area contributed by atoms with Gasteiger partial charge in [0.1, 0.15) is 0 Å². The van der Waals surface area contributed by atoms with Crippen LogP contribution in [0, 0.1) is 3.95 Å². The van der Waals surface area contributed by atoms with Crippen LogP contribution in [0.5, 0.6) is 0 Å². The maximum Gasteiger partial charge on any atom is 0.184 e. The van der Waals surface area contributed by atoms with E-state index in [1.54, 1.807) is 16.4 Å². The molecule has 2 nitrogen and oxygen atoms in total. The quantitative estimate of drug-likeness (QED) is 0.390. The minimum atomic E-state index is 0.569. The molecule has 112 valence electrons. The fourth-order valence-electron chi connectivity index (χ4n) is 1.83. The molecular weight excluding hydrogens is 375 g/mol. The molecule has 2 aromatic carbocycles. The Balaban J connectivity index is 1.77. The van der Waals surface area contributed by atoms with E-state index in [4.69, 9.17) is 35.4 Å². The number of halogens is 2. The van der Waals surface area contributed by atoms with Crippen LogP contribution in [-0.2, 0) is 5.75 Å². The molecule has 3 rings (SSSR count). The smallest absolute Gasteiger partial charge is 0.184 e. The highest BCUT2D eigenvalue weighted by Crippen LogP contribution is 2.29. The summed E-state index contributed by atoms with van der Waals surface area (Å²) in [7, 11) is 0. The Kier molecular flexibility index (Phi) is 5.21. The van der Waals surface area contributed by atoms with Crippen LogP contribution in [0.2, 0.25) is 10.0 Å². The number of hydrogen-bond donors (Lipinski definition) is 0. The van der Waals surface area contributed by atoms with E-state index in [0.29, 0.717) is 10.0 Å². The monoisotopic (exact) mass is 384 g/mol. The molecule has 0 fully saturated rings. The molecule has 1 heterocycles. The predicted molar refractivity (Wildman–Crippen MR) is 98.3 cm³/mol. The first kappa shape index (κ1) is 16.0. The molecule has 7 heteroatoms. The van der Waals surface area contributed by atoms with E-state index >= 15 is 0 Å². The van der Waals surface area contributed by atoms with Crippen molar-refractivity contribution in [2.45, 2.75) is 10.1 Å². The van der Waals surface area contributed by atoms with Crippen molar-refractivity contribution in [2.75, 3.05) is 0 Å². The SMILES string of the molecule is S=c1sc(SCc2ccc(Cl)c(Cl)c2)nn1-c1ccccc1. The van der Waals surface area contributed by atoms with Gasteiger partial charge < -0.3 is 0 Å². The van der Waals surface area contributed by atoms with Gasteiger partial charge in [0, 0.05) is 5.75 Å². The van der Waals surface area contributed by atoms with Gasteiger partial charge in [-0.25, -0.2) is 4.68 Å². The minimum Gasteiger partial charge on any atom is -0.211 e. The molecule has 0 spiro atoms. The first-order chi connectivity index (χ1) is 10.6. The fourth-order valence-corrected chi connectivity index (χ4v) is 4.45. The van der Waals surface area contributed by atoms with Crippen LogP contribution in [0.3, 0.4) is 0 Å². The molecule has 0 aliphatic carbocycles. The standard InChI is InChI=1S/C15H10Cl2N2S3/c16-12-7-6-10(8-13(12)17)9-21-14-18-19(15(20)22-14)11-4-2-1-3-5-11/h1-8H,9H2. The van der Waals surface area contributed by atoms with Crippen LogP contribution in [0.1, 0.15) is 5.56 Å². The van der Waals surface area contributed by atoms with Gasteiger partial charge in [-0.15, -0.1) is 5.10 Å². The summed E-state index contributed by atoms with van der Waals surface area (Å²) < 4.78 is 3.46. The third kappa shape index (κ3) is 3.73. The van der Waals surface area contributed by atoms with Gasteiger partial charge in [0.25, 0.3) is 0 Å². The molecule has 0 aliphatic heterocycles. The molecule has 0 amide bonds. The highest BCUT2D eigenvalue weighted by Gasteiger charge is 2.07. The molecule has 0 bridgehead atoms. The molecule has 0 unspecified atom stereocenters. The summed E-state index contributed by atoms with van der Waals surface area (Å²) in [4.78, 5) is 0. The Hall–Kier alpha value is -0.850. The molecule has 0 aliphatic rings. The second-order valence-corrected chi connectivity index (χ2v) is 8.08. The lowest BCUT2D eigenvalue weighted by Gasteiger charge is -2.01. The number of aromatic nitrogens is 2. The van der Waals surface area contributed by atoms with Crippen molar-refractivity contribution in [1.29, 1.82) is 0 Å². The zero-order valence-corrected chi connectivity index (χ0v) is 15.2. The zero-order chi connectivity index (χ0) is 15.5. The van der Waals surface area contributed by atoms with Crippen molar-refractivity contribution in [1.82, 2.24) is 9.78 Å². The minimum absolute atomic E-state index is 0.569. The second-order valence-electron chi connectivity index (χ2n) is 4.42. The summed E-state index contributed by atoms with van der Waals surface area (Å²) in [6, 6.07) is 15.5. The predicted octanol–water partition coefficient (Wildman–Crippen LogP) is 6.26. The highest BCUT2D eigenvalue weighted by molar-refractivity contribution is 8.00. The van der Waals surface area contributed by atoms with E-state index in [0.717, 1.165) is 25.3 Å². The third-order valence-electron chi connectivity index (χ3n) is 2.88. The van der Waals surface area contributed by atoms with Crippen molar-refractivity contribution >= 4 is 58.5 Å². The van der Waals surface area contributed by atoms with Crippen LogP contribution in [0.4, 0.5) is 0 Å². The van der Waals surface area contributed by atoms with E-state index in [9.17, 15) is 0 Å². The Morgan fingerprint density at radius 2 is 1.86 bits per heavy atom. The first-order valence-electron chi connectivity index (χ1n) is 6.36. The molecule has 22 heavy (non-hydrogen) atoms. The fraction of sp³-hybridized carbons (Fsp3) is 0.0667. The van der Waals surface area contributed by atoms with E-state index < -0.39 is 0 Å². The van der Waals surface area contributed by atoms with E-state index in [-0.39, 0.29) is 0 Å². The van der Waals surface area contributed by atoms with Crippen LogP contribution in [0.25, 0.3) is 5.69 Å².